The third kappa shape index (κ3) is 7.44. The highest BCUT2D eigenvalue weighted by molar-refractivity contribution is 8.01. The molecule has 0 aromatic heterocycles. The van der Waals surface area contributed by atoms with Crippen LogP contribution in [0.2, 0.25) is 0 Å². The standard InChI is InChI=1S/C18H34S/c1-3-5-6-7-8-9-10-11-12-13-15-18(4-2)16-14-17-19-18/h14,16H,3-13,15,17H2,1-2H3. The zero-order valence-corrected chi connectivity index (χ0v) is 14.1. The first kappa shape index (κ1) is 17.1. The van der Waals surface area contributed by atoms with E-state index < -0.39 is 0 Å². The van der Waals surface area contributed by atoms with Gasteiger partial charge in [0.15, 0.2) is 0 Å². The predicted octanol–water partition coefficient (Wildman–Crippen LogP) is 6.75. The number of unbranched alkanes of at least 4 members (excludes halogenated alkanes) is 9. The van der Waals surface area contributed by atoms with E-state index in [9.17, 15) is 0 Å². The summed E-state index contributed by atoms with van der Waals surface area (Å²) in [6.07, 6.45) is 22.0. The molecule has 1 heteroatoms. The van der Waals surface area contributed by atoms with Crippen LogP contribution in [0.1, 0.15) is 90.9 Å². The number of thioether (sulfide) groups is 1. The van der Waals surface area contributed by atoms with Crippen LogP contribution >= 0.6 is 11.8 Å². The molecule has 1 heterocycles. The van der Waals surface area contributed by atoms with E-state index in [2.05, 4.69) is 37.8 Å². The van der Waals surface area contributed by atoms with Crippen LogP contribution in [-0.4, -0.2) is 10.5 Å². The average molecular weight is 283 g/mol. The van der Waals surface area contributed by atoms with Gasteiger partial charge in [0.2, 0.25) is 0 Å². The van der Waals surface area contributed by atoms with Crippen LogP contribution in [-0.2, 0) is 0 Å². The van der Waals surface area contributed by atoms with Gasteiger partial charge in [-0.3, -0.25) is 0 Å². The molecular formula is C18H34S. The Hall–Kier alpha value is 0.0900. The van der Waals surface area contributed by atoms with Crippen molar-refractivity contribution < 1.29 is 0 Å². The molecule has 0 saturated heterocycles. The van der Waals surface area contributed by atoms with E-state index in [-0.39, 0.29) is 0 Å². The summed E-state index contributed by atoms with van der Waals surface area (Å²) in [6.45, 7) is 4.64. The van der Waals surface area contributed by atoms with Crippen molar-refractivity contribution in [2.24, 2.45) is 0 Å². The zero-order valence-electron chi connectivity index (χ0n) is 13.3. The van der Waals surface area contributed by atoms with Crippen LogP contribution in [0.4, 0.5) is 0 Å². The minimum absolute atomic E-state index is 0.514. The average Bonchev–Trinajstić information content (AvgIpc) is 2.90. The SMILES string of the molecule is CCCCCCCCCCCCC1(CC)C=CCS1. The van der Waals surface area contributed by atoms with Crippen molar-refractivity contribution in [2.75, 3.05) is 5.75 Å². The van der Waals surface area contributed by atoms with Crippen LogP contribution in [0, 0.1) is 0 Å². The fourth-order valence-electron chi connectivity index (χ4n) is 2.99. The Kier molecular flexibility index (Phi) is 9.77. The van der Waals surface area contributed by atoms with Crippen molar-refractivity contribution in [1.29, 1.82) is 0 Å². The lowest BCUT2D eigenvalue weighted by atomic mass is 9.96. The molecule has 0 radical (unpaired) electrons. The number of rotatable bonds is 12. The second-order valence-electron chi connectivity index (χ2n) is 6.06. The van der Waals surface area contributed by atoms with E-state index in [0.717, 1.165) is 0 Å². The molecule has 1 atom stereocenters. The summed E-state index contributed by atoms with van der Waals surface area (Å²) in [5.74, 6) is 1.24. The zero-order chi connectivity index (χ0) is 13.8. The van der Waals surface area contributed by atoms with Crippen LogP contribution in [0.5, 0.6) is 0 Å². The topological polar surface area (TPSA) is 0 Å². The molecule has 112 valence electrons. The van der Waals surface area contributed by atoms with E-state index in [1.807, 2.05) is 0 Å². The van der Waals surface area contributed by atoms with Crippen molar-refractivity contribution in [3.05, 3.63) is 12.2 Å². The van der Waals surface area contributed by atoms with Gasteiger partial charge in [-0.1, -0.05) is 90.2 Å². The lowest BCUT2D eigenvalue weighted by molar-refractivity contribution is 0.524. The molecule has 1 aliphatic heterocycles. The van der Waals surface area contributed by atoms with Crippen molar-refractivity contribution in [2.45, 2.75) is 95.6 Å². The first-order chi connectivity index (χ1) is 9.33. The fraction of sp³-hybridized carbons (Fsp3) is 0.889. The molecule has 0 N–H and O–H groups in total. The Morgan fingerprint density at radius 3 is 1.89 bits per heavy atom. The Morgan fingerprint density at radius 1 is 0.842 bits per heavy atom. The maximum Gasteiger partial charge on any atom is 0.0339 e. The van der Waals surface area contributed by atoms with Gasteiger partial charge in [0.05, 0.1) is 0 Å². The summed E-state index contributed by atoms with van der Waals surface area (Å²) in [5, 5.41) is 0. The van der Waals surface area contributed by atoms with Crippen LogP contribution < -0.4 is 0 Å². The third-order valence-electron chi connectivity index (χ3n) is 4.44. The molecule has 0 amide bonds. The van der Waals surface area contributed by atoms with Crippen LogP contribution in [0.25, 0.3) is 0 Å². The molecule has 0 spiro atoms. The molecule has 0 aromatic rings. The van der Waals surface area contributed by atoms with Crippen molar-refractivity contribution in [3.8, 4) is 0 Å². The van der Waals surface area contributed by atoms with Crippen LogP contribution in [0.3, 0.4) is 0 Å². The van der Waals surface area contributed by atoms with Gasteiger partial charge in [-0.2, -0.15) is 0 Å². The Labute approximate surface area is 125 Å². The molecule has 0 aliphatic carbocycles. The lowest BCUT2D eigenvalue weighted by Gasteiger charge is -2.24. The molecule has 1 unspecified atom stereocenters. The van der Waals surface area contributed by atoms with Crippen molar-refractivity contribution in [1.82, 2.24) is 0 Å². The molecule has 1 aliphatic rings. The first-order valence-corrected chi connectivity index (χ1v) is 9.63. The quantitative estimate of drug-likeness (QED) is 0.282. The van der Waals surface area contributed by atoms with Crippen molar-refractivity contribution >= 4 is 11.8 Å². The van der Waals surface area contributed by atoms with Gasteiger partial charge in [-0.25, -0.2) is 0 Å². The largest absolute Gasteiger partial charge is 0.147 e. The summed E-state index contributed by atoms with van der Waals surface area (Å²) in [4.78, 5) is 0. The van der Waals surface area contributed by atoms with E-state index in [4.69, 9.17) is 0 Å². The van der Waals surface area contributed by atoms with E-state index in [0.29, 0.717) is 4.75 Å². The van der Waals surface area contributed by atoms with Gasteiger partial charge in [0.1, 0.15) is 0 Å². The fourth-order valence-corrected chi connectivity index (χ4v) is 4.20. The molecule has 0 aromatic carbocycles. The molecule has 0 nitrogen and oxygen atoms in total. The summed E-state index contributed by atoms with van der Waals surface area (Å²) in [7, 11) is 0. The van der Waals surface area contributed by atoms with Gasteiger partial charge in [-0.05, 0) is 12.8 Å². The normalized spacial score (nSPS) is 22.2. The Bertz CT molecular complexity index is 234. The highest BCUT2D eigenvalue weighted by atomic mass is 32.2. The number of hydrogen-bond acceptors (Lipinski definition) is 1. The van der Waals surface area contributed by atoms with E-state index in [1.165, 1.54) is 82.8 Å². The molecular weight excluding hydrogens is 248 g/mol. The molecule has 0 bridgehead atoms. The number of hydrogen-bond donors (Lipinski definition) is 0. The molecule has 1 rings (SSSR count). The maximum absolute atomic E-state index is 2.48. The van der Waals surface area contributed by atoms with E-state index in [1.54, 1.807) is 0 Å². The van der Waals surface area contributed by atoms with Gasteiger partial charge >= 0.3 is 0 Å². The second-order valence-corrected chi connectivity index (χ2v) is 7.50. The summed E-state index contributed by atoms with van der Waals surface area (Å²) in [5.41, 5.74) is 0. The second kappa shape index (κ2) is 10.8. The minimum atomic E-state index is 0.514. The van der Waals surface area contributed by atoms with Crippen LogP contribution in [0.15, 0.2) is 12.2 Å². The maximum atomic E-state index is 2.48. The van der Waals surface area contributed by atoms with Gasteiger partial charge in [0, 0.05) is 10.5 Å². The predicted molar refractivity (Wildman–Crippen MR) is 91.1 cm³/mol. The molecule has 0 saturated carbocycles. The van der Waals surface area contributed by atoms with E-state index >= 15 is 0 Å². The van der Waals surface area contributed by atoms with Gasteiger partial charge < -0.3 is 0 Å². The summed E-state index contributed by atoms with van der Waals surface area (Å²) >= 11 is 2.16. The third-order valence-corrected chi connectivity index (χ3v) is 6.00. The van der Waals surface area contributed by atoms with Gasteiger partial charge in [0.25, 0.3) is 0 Å². The summed E-state index contributed by atoms with van der Waals surface area (Å²) < 4.78 is 0.514. The highest BCUT2D eigenvalue weighted by Gasteiger charge is 2.27. The summed E-state index contributed by atoms with van der Waals surface area (Å²) in [6, 6.07) is 0. The monoisotopic (exact) mass is 282 g/mol. The lowest BCUT2D eigenvalue weighted by Crippen LogP contribution is -2.17. The first-order valence-electron chi connectivity index (χ1n) is 8.64. The molecule has 0 fully saturated rings. The minimum Gasteiger partial charge on any atom is -0.147 e. The van der Waals surface area contributed by atoms with Crippen molar-refractivity contribution in [3.63, 3.8) is 0 Å². The highest BCUT2D eigenvalue weighted by Crippen LogP contribution is 2.39. The smallest absolute Gasteiger partial charge is 0.0339 e. The van der Waals surface area contributed by atoms with Gasteiger partial charge in [-0.15, -0.1) is 11.8 Å². The Morgan fingerprint density at radius 2 is 1.42 bits per heavy atom. The molecule has 19 heavy (non-hydrogen) atoms. The Balaban J connectivity index is 1.87.